The molecular formula is C13H31HfN3O. The normalized spacial score (nSPS) is 20.3. The third-order valence-corrected chi connectivity index (χ3v) is 2.20. The molecule has 0 aliphatic heterocycles. The predicted molar refractivity (Wildman–Crippen MR) is 78.9 cm³/mol. The van der Waals surface area contributed by atoms with Crippen LogP contribution >= 0.6 is 0 Å². The first-order valence-electron chi connectivity index (χ1n) is 5.80. The van der Waals surface area contributed by atoms with E-state index >= 15 is 0 Å². The van der Waals surface area contributed by atoms with Crippen molar-refractivity contribution in [1.29, 1.82) is 0 Å². The van der Waals surface area contributed by atoms with Crippen molar-refractivity contribution in [3.05, 3.63) is 23.4 Å². The van der Waals surface area contributed by atoms with E-state index in [1.165, 1.54) is 19.3 Å². The van der Waals surface area contributed by atoms with Gasteiger partial charge < -0.3 is 28.1 Å². The Morgan fingerprint density at radius 3 is 1.72 bits per heavy atom. The third kappa shape index (κ3) is 19.1. The summed E-state index contributed by atoms with van der Waals surface area (Å²) in [6, 6.07) is 0. The standard InChI is InChI=1S/C8H16NO.2C2H6N.CH3.Hf/c1-7-4-3-5-8(7)10-6-9-2;2*1-3-2;;/h7-8H,3-6H2,1-2H3;2*1-2H3;1H3;/q4*-1;+4/t7-,8?;;;;/m0..../s1. The van der Waals surface area contributed by atoms with E-state index in [0.717, 1.165) is 5.92 Å². The van der Waals surface area contributed by atoms with Crippen molar-refractivity contribution >= 4 is 0 Å². The summed E-state index contributed by atoms with van der Waals surface area (Å²) >= 11 is 0. The van der Waals surface area contributed by atoms with Gasteiger partial charge in [-0.1, -0.05) is 13.3 Å². The summed E-state index contributed by atoms with van der Waals surface area (Å²) in [5.41, 5.74) is 0. The monoisotopic (exact) mass is 425 g/mol. The van der Waals surface area contributed by atoms with E-state index in [9.17, 15) is 0 Å². The molecule has 0 saturated heterocycles. The molecule has 0 bridgehead atoms. The van der Waals surface area contributed by atoms with Crippen molar-refractivity contribution in [2.24, 2.45) is 5.92 Å². The van der Waals surface area contributed by atoms with E-state index in [-0.39, 0.29) is 33.3 Å². The predicted octanol–water partition coefficient (Wildman–Crippen LogP) is 3.84. The smallest absolute Gasteiger partial charge is 0.668 e. The summed E-state index contributed by atoms with van der Waals surface area (Å²) < 4.78 is 5.50. The maximum atomic E-state index is 5.50. The molecule has 4 nitrogen and oxygen atoms in total. The van der Waals surface area contributed by atoms with Crippen molar-refractivity contribution < 1.29 is 30.6 Å². The molecular weight excluding hydrogens is 393 g/mol. The van der Waals surface area contributed by atoms with E-state index in [0.29, 0.717) is 12.8 Å². The average Bonchev–Trinajstić information content (AvgIpc) is 2.63. The molecule has 0 aromatic rings. The second-order valence-corrected chi connectivity index (χ2v) is 3.95. The number of ether oxygens (including phenoxy) is 1. The molecule has 0 spiro atoms. The fraction of sp³-hybridized carbons (Fsp3) is 0.923. The van der Waals surface area contributed by atoms with Crippen LogP contribution in [-0.4, -0.2) is 48.1 Å². The van der Waals surface area contributed by atoms with Gasteiger partial charge in [-0.25, -0.2) is 0 Å². The van der Waals surface area contributed by atoms with Crippen LogP contribution in [0.3, 0.4) is 0 Å². The van der Waals surface area contributed by atoms with Gasteiger partial charge in [0.15, 0.2) is 0 Å². The molecule has 0 amide bonds. The molecule has 2 atom stereocenters. The fourth-order valence-electron chi connectivity index (χ4n) is 1.53. The zero-order valence-corrected chi connectivity index (χ0v) is 16.8. The van der Waals surface area contributed by atoms with Gasteiger partial charge in [0.1, 0.15) is 0 Å². The Balaban J connectivity index is -0.000000106. The quantitative estimate of drug-likeness (QED) is 0.502. The number of nitrogens with zero attached hydrogens (tertiary/aromatic N) is 3. The summed E-state index contributed by atoms with van der Waals surface area (Å²) in [6.07, 6.45) is 4.38. The van der Waals surface area contributed by atoms with Gasteiger partial charge >= 0.3 is 25.8 Å². The first-order valence-corrected chi connectivity index (χ1v) is 5.80. The molecule has 0 aromatic carbocycles. The molecule has 0 heterocycles. The Kier molecular flexibility index (Phi) is 34.4. The third-order valence-electron chi connectivity index (χ3n) is 2.20. The molecule has 0 aromatic heterocycles. The van der Waals surface area contributed by atoms with Crippen LogP contribution in [0.15, 0.2) is 0 Å². The van der Waals surface area contributed by atoms with Crippen molar-refractivity contribution in [1.82, 2.24) is 0 Å². The molecule has 1 aliphatic rings. The van der Waals surface area contributed by atoms with E-state index in [4.69, 9.17) is 4.74 Å². The van der Waals surface area contributed by atoms with Crippen LogP contribution in [0.25, 0.3) is 16.0 Å². The molecule has 5 heteroatoms. The number of hydrogen-bond donors (Lipinski definition) is 0. The van der Waals surface area contributed by atoms with Gasteiger partial charge in [0.25, 0.3) is 0 Å². The molecule has 18 heavy (non-hydrogen) atoms. The SMILES string of the molecule is C[N-]C.C[N-]C.C[N-]COC1CCC[C@@H]1C.[CH3-].[Hf+4]. The van der Waals surface area contributed by atoms with Crippen LogP contribution in [-0.2, 0) is 30.6 Å². The molecule has 1 unspecified atom stereocenters. The minimum atomic E-state index is 0. The fourth-order valence-corrected chi connectivity index (χ4v) is 1.53. The largest absolute Gasteiger partial charge is 4.00 e. The van der Waals surface area contributed by atoms with E-state index in [2.05, 4.69) is 22.9 Å². The van der Waals surface area contributed by atoms with Crippen LogP contribution in [0.4, 0.5) is 0 Å². The maximum Gasteiger partial charge on any atom is 4.00 e. The zero-order valence-electron chi connectivity index (χ0n) is 13.2. The van der Waals surface area contributed by atoms with E-state index in [1.807, 2.05) is 0 Å². The average molecular weight is 424 g/mol. The Morgan fingerprint density at radius 1 is 1.00 bits per heavy atom. The molecule has 0 radical (unpaired) electrons. The van der Waals surface area contributed by atoms with E-state index in [1.54, 1.807) is 35.2 Å². The molecule has 108 valence electrons. The van der Waals surface area contributed by atoms with Crippen molar-refractivity contribution in [2.45, 2.75) is 32.3 Å². The van der Waals surface area contributed by atoms with Crippen molar-refractivity contribution in [3.8, 4) is 0 Å². The Bertz CT molecular complexity index is 127. The summed E-state index contributed by atoms with van der Waals surface area (Å²) in [7, 11) is 8.79. The first kappa shape index (κ1) is 27.1. The Hall–Kier alpha value is 0.710. The Morgan fingerprint density at radius 2 is 1.44 bits per heavy atom. The molecule has 0 N–H and O–H groups in total. The topological polar surface area (TPSA) is 51.5 Å². The van der Waals surface area contributed by atoms with Gasteiger partial charge in [-0.2, -0.15) is 35.2 Å². The van der Waals surface area contributed by atoms with Gasteiger partial charge in [0, 0.05) is 0 Å². The van der Waals surface area contributed by atoms with Crippen LogP contribution in [0.5, 0.6) is 0 Å². The van der Waals surface area contributed by atoms with Crippen LogP contribution in [0.2, 0.25) is 0 Å². The molecule has 1 rings (SSSR count). The summed E-state index contributed by atoms with van der Waals surface area (Å²) in [6.45, 7) is 2.84. The van der Waals surface area contributed by atoms with Gasteiger partial charge in [-0.3, -0.25) is 0 Å². The molecule has 1 fully saturated rings. The van der Waals surface area contributed by atoms with E-state index < -0.39 is 0 Å². The minimum Gasteiger partial charge on any atom is -0.668 e. The molecule has 1 aliphatic carbocycles. The zero-order chi connectivity index (χ0) is 12.8. The van der Waals surface area contributed by atoms with Crippen molar-refractivity contribution in [2.75, 3.05) is 42.0 Å². The minimum absolute atomic E-state index is 0. The van der Waals surface area contributed by atoms with Crippen LogP contribution in [0.1, 0.15) is 26.2 Å². The van der Waals surface area contributed by atoms with Gasteiger partial charge in [0.05, 0.1) is 6.10 Å². The van der Waals surface area contributed by atoms with Crippen LogP contribution < -0.4 is 0 Å². The Labute approximate surface area is 134 Å². The summed E-state index contributed by atoms with van der Waals surface area (Å²) in [5.74, 6) is 0.752. The second-order valence-electron chi connectivity index (χ2n) is 3.95. The van der Waals surface area contributed by atoms with Gasteiger partial charge in [-0.15, -0.1) is 0 Å². The molecule has 1 saturated carbocycles. The van der Waals surface area contributed by atoms with Crippen molar-refractivity contribution in [3.63, 3.8) is 0 Å². The van der Waals surface area contributed by atoms with Crippen LogP contribution in [0, 0.1) is 13.3 Å². The second kappa shape index (κ2) is 22.9. The first-order chi connectivity index (χ1) is 7.67. The maximum absolute atomic E-state index is 5.50. The van der Waals surface area contributed by atoms with Gasteiger partial charge in [-0.05, 0) is 25.5 Å². The summed E-state index contributed by atoms with van der Waals surface area (Å²) in [5, 5.41) is 10.9. The number of rotatable bonds is 3. The number of hydrogen-bond acceptors (Lipinski definition) is 1. The van der Waals surface area contributed by atoms with Gasteiger partial charge in [0.2, 0.25) is 0 Å². The summed E-state index contributed by atoms with van der Waals surface area (Å²) in [4.78, 5) is 0.